The maximum atomic E-state index is 11.3. The van der Waals surface area contributed by atoms with E-state index in [-0.39, 0.29) is 5.56 Å². The Labute approximate surface area is 114 Å². The molecule has 20 heavy (non-hydrogen) atoms. The van der Waals surface area contributed by atoms with Gasteiger partial charge in [0.1, 0.15) is 0 Å². The summed E-state index contributed by atoms with van der Waals surface area (Å²) in [6.07, 6.45) is 9.81. The van der Waals surface area contributed by atoms with Gasteiger partial charge in [0.15, 0.2) is 0 Å². The van der Waals surface area contributed by atoms with Crippen molar-refractivity contribution in [1.29, 1.82) is 0 Å². The minimum Gasteiger partial charge on any atom is -0.366 e. The van der Waals surface area contributed by atoms with Gasteiger partial charge in [-0.3, -0.25) is 14.6 Å². The van der Waals surface area contributed by atoms with E-state index in [9.17, 15) is 9.59 Å². The maximum absolute atomic E-state index is 11.3. The van der Waals surface area contributed by atoms with Gasteiger partial charge in [0.05, 0.1) is 17.1 Å². The summed E-state index contributed by atoms with van der Waals surface area (Å²) in [4.78, 5) is 32.1. The summed E-state index contributed by atoms with van der Waals surface area (Å²) in [5, 5.41) is 3.28. The number of H-pyrrole nitrogens is 1. The van der Waals surface area contributed by atoms with Crippen LogP contribution in [0, 0.1) is 0 Å². The van der Waals surface area contributed by atoms with Crippen molar-refractivity contribution in [2.75, 3.05) is 0 Å². The number of allylic oxidation sites excluding steroid dienone is 1. The number of benzene rings is 1. The second kappa shape index (κ2) is 6.79. The number of hydrogen-bond donors (Lipinski definition) is 2. The zero-order chi connectivity index (χ0) is 14.2. The van der Waals surface area contributed by atoms with Crippen LogP contribution in [-0.4, -0.2) is 16.2 Å². The van der Waals surface area contributed by atoms with Gasteiger partial charge in [0, 0.05) is 24.8 Å². The average Bonchev–Trinajstić information content (AvgIpc) is 2.84. The predicted molar refractivity (Wildman–Crippen MR) is 78.5 cm³/mol. The van der Waals surface area contributed by atoms with Crippen LogP contribution in [0.2, 0.25) is 0 Å². The lowest BCUT2D eigenvalue weighted by Gasteiger charge is -1.86. The molecule has 0 radical (unpaired) electrons. The summed E-state index contributed by atoms with van der Waals surface area (Å²) in [6, 6.07) is 6.77. The minimum atomic E-state index is -0.394. The molecule has 6 nitrogen and oxygen atoms in total. The first kappa shape index (κ1) is 13.4. The zero-order valence-corrected chi connectivity index (χ0v) is 10.5. The monoisotopic (exact) mass is 268 g/mol. The summed E-state index contributed by atoms with van der Waals surface area (Å²) in [7, 11) is 0. The van der Waals surface area contributed by atoms with Crippen LogP contribution in [-0.2, 0) is 0 Å². The molecule has 100 valence electrons. The molecule has 2 N–H and O–H groups in total. The Kier molecular flexibility index (Phi) is 4.55. The fraction of sp³-hybridized carbons (Fsp3) is 0. The molecule has 0 unspecified atom stereocenters. The SMILES string of the molecule is C1=CNC=CN=C1.O=c1cnc(=O)c2ccccc2[nH]1. The largest absolute Gasteiger partial charge is 0.366 e. The number of nitrogens with zero attached hydrogens (tertiary/aromatic N) is 2. The van der Waals surface area contributed by atoms with Crippen molar-refractivity contribution in [2.24, 2.45) is 4.99 Å². The zero-order valence-electron chi connectivity index (χ0n) is 10.5. The summed E-state index contributed by atoms with van der Waals surface area (Å²) in [5.74, 6) is 0. The average molecular weight is 268 g/mol. The van der Waals surface area contributed by atoms with Crippen LogP contribution in [0.15, 0.2) is 69.7 Å². The van der Waals surface area contributed by atoms with Crippen LogP contribution in [0.4, 0.5) is 0 Å². The summed E-state index contributed by atoms with van der Waals surface area (Å²) >= 11 is 0. The summed E-state index contributed by atoms with van der Waals surface area (Å²) in [6.45, 7) is 0. The first-order chi connectivity index (χ1) is 9.77. The van der Waals surface area contributed by atoms with Crippen molar-refractivity contribution in [2.45, 2.75) is 0 Å². The maximum Gasteiger partial charge on any atom is 0.279 e. The van der Waals surface area contributed by atoms with Gasteiger partial charge < -0.3 is 10.3 Å². The molecule has 2 aromatic rings. The van der Waals surface area contributed by atoms with E-state index in [0.717, 1.165) is 6.20 Å². The van der Waals surface area contributed by atoms with Gasteiger partial charge in [-0.2, -0.15) is 0 Å². The second-order valence-corrected chi connectivity index (χ2v) is 3.74. The Hall–Kier alpha value is -3.02. The number of aliphatic imine (C=N–C) groups is 1. The number of rotatable bonds is 0. The molecular weight excluding hydrogens is 256 g/mol. The highest BCUT2D eigenvalue weighted by Crippen LogP contribution is 2.01. The molecular formula is C14H12N4O2. The highest BCUT2D eigenvalue weighted by Gasteiger charge is 1.95. The predicted octanol–water partition coefficient (Wildman–Crippen LogP) is 0.929. The third kappa shape index (κ3) is 3.74. The third-order valence-electron chi connectivity index (χ3n) is 2.34. The first-order valence-electron chi connectivity index (χ1n) is 5.85. The molecule has 0 bridgehead atoms. The van der Waals surface area contributed by atoms with E-state index < -0.39 is 5.56 Å². The van der Waals surface area contributed by atoms with Crippen LogP contribution in [0.25, 0.3) is 10.9 Å². The number of aromatic nitrogens is 2. The van der Waals surface area contributed by atoms with Crippen molar-refractivity contribution in [3.05, 3.63) is 75.8 Å². The van der Waals surface area contributed by atoms with Gasteiger partial charge in [-0.15, -0.1) is 0 Å². The Bertz CT molecular complexity index is 777. The van der Waals surface area contributed by atoms with Crippen molar-refractivity contribution in [1.82, 2.24) is 15.3 Å². The molecule has 6 heteroatoms. The Morgan fingerprint density at radius 2 is 1.90 bits per heavy atom. The summed E-state index contributed by atoms with van der Waals surface area (Å²) < 4.78 is 0. The standard InChI is InChI=1S/C9H6N2O2.C5H6N2/c12-8-5-10-9(13)6-3-1-2-4-7(6)11-8;1-2-6-4-5-7-3-1/h1-5H,(H,11,12);1-6H. The number of aromatic amines is 1. The number of para-hydroxylation sites is 1. The normalized spacial score (nSPS) is 12.2. The van der Waals surface area contributed by atoms with Crippen molar-refractivity contribution >= 4 is 17.1 Å². The fourth-order valence-corrected chi connectivity index (χ4v) is 1.47. The molecule has 1 aliphatic rings. The van der Waals surface area contributed by atoms with Crippen LogP contribution >= 0.6 is 0 Å². The van der Waals surface area contributed by atoms with E-state index in [1.165, 1.54) is 0 Å². The van der Waals surface area contributed by atoms with E-state index in [1.807, 2.05) is 12.3 Å². The van der Waals surface area contributed by atoms with E-state index in [0.29, 0.717) is 10.9 Å². The molecule has 3 rings (SSSR count). The summed E-state index contributed by atoms with van der Waals surface area (Å²) in [5.41, 5.74) is -0.262. The quantitative estimate of drug-likeness (QED) is 0.744. The van der Waals surface area contributed by atoms with Crippen LogP contribution in [0.3, 0.4) is 0 Å². The molecule has 0 amide bonds. The number of nitrogens with one attached hydrogen (secondary N) is 2. The lowest BCUT2D eigenvalue weighted by atomic mass is 10.2. The van der Waals surface area contributed by atoms with E-state index in [2.05, 4.69) is 20.3 Å². The molecule has 2 heterocycles. The second-order valence-electron chi connectivity index (χ2n) is 3.74. The highest BCUT2D eigenvalue weighted by molar-refractivity contribution is 5.76. The highest BCUT2D eigenvalue weighted by atomic mass is 16.1. The van der Waals surface area contributed by atoms with Crippen LogP contribution in [0.1, 0.15) is 0 Å². The van der Waals surface area contributed by atoms with E-state index in [1.54, 1.807) is 42.9 Å². The smallest absolute Gasteiger partial charge is 0.279 e. The lowest BCUT2D eigenvalue weighted by Crippen LogP contribution is -2.02. The van der Waals surface area contributed by atoms with Gasteiger partial charge >= 0.3 is 0 Å². The molecule has 1 aliphatic heterocycles. The van der Waals surface area contributed by atoms with Crippen molar-refractivity contribution < 1.29 is 0 Å². The molecule has 0 atom stereocenters. The van der Waals surface area contributed by atoms with E-state index in [4.69, 9.17) is 0 Å². The number of fused-ring (bicyclic) bond motifs is 1. The van der Waals surface area contributed by atoms with Gasteiger partial charge in [-0.1, -0.05) is 12.1 Å². The number of hydrogen-bond acceptors (Lipinski definition) is 5. The Morgan fingerprint density at radius 1 is 1.05 bits per heavy atom. The van der Waals surface area contributed by atoms with Gasteiger partial charge in [-0.25, -0.2) is 4.98 Å². The fourth-order valence-electron chi connectivity index (χ4n) is 1.47. The topological polar surface area (TPSA) is 87.2 Å². The van der Waals surface area contributed by atoms with Gasteiger partial charge in [0.25, 0.3) is 11.1 Å². The van der Waals surface area contributed by atoms with E-state index >= 15 is 0 Å². The van der Waals surface area contributed by atoms with Crippen LogP contribution in [0.5, 0.6) is 0 Å². The Balaban J connectivity index is 0.000000178. The Morgan fingerprint density at radius 3 is 2.80 bits per heavy atom. The third-order valence-corrected chi connectivity index (χ3v) is 2.34. The molecule has 0 saturated carbocycles. The first-order valence-corrected chi connectivity index (χ1v) is 5.85. The lowest BCUT2D eigenvalue weighted by molar-refractivity contribution is 1.19. The molecule has 1 aromatic carbocycles. The molecule has 1 aromatic heterocycles. The molecule has 0 spiro atoms. The van der Waals surface area contributed by atoms with Gasteiger partial charge in [-0.05, 0) is 18.2 Å². The molecule has 0 fully saturated rings. The molecule has 0 aliphatic carbocycles. The van der Waals surface area contributed by atoms with Crippen LogP contribution < -0.4 is 16.4 Å². The van der Waals surface area contributed by atoms with Gasteiger partial charge in [0.2, 0.25) is 0 Å². The van der Waals surface area contributed by atoms with Crippen molar-refractivity contribution in [3.63, 3.8) is 0 Å². The van der Waals surface area contributed by atoms with Crippen molar-refractivity contribution in [3.8, 4) is 0 Å². The minimum absolute atomic E-state index is 0.377. The molecule has 0 saturated heterocycles.